The Balaban J connectivity index is 1.87. The summed E-state index contributed by atoms with van der Waals surface area (Å²) in [6.07, 6.45) is 4.15. The number of carboxylic acid groups (broad SMARTS) is 1. The first-order chi connectivity index (χ1) is 9.56. The fourth-order valence-corrected chi connectivity index (χ4v) is 1.58. The van der Waals surface area contributed by atoms with Crippen LogP contribution in [0.3, 0.4) is 0 Å². The molecule has 0 aromatic carbocycles. The van der Waals surface area contributed by atoms with Gasteiger partial charge in [0.25, 0.3) is 5.91 Å². The number of nitrogens with one attached hydrogen (secondary N) is 2. The average Bonchev–Trinajstić information content (AvgIpc) is 2.87. The summed E-state index contributed by atoms with van der Waals surface area (Å²) in [6, 6.07) is 2.70. The molecule has 0 atom stereocenters. The molecule has 2 aromatic heterocycles. The number of carboxylic acids is 1. The van der Waals surface area contributed by atoms with Crippen molar-refractivity contribution in [3.05, 3.63) is 52.5 Å². The lowest BCUT2D eigenvalue weighted by atomic mass is 10.2. The largest absolute Gasteiger partial charge is 0.476 e. The van der Waals surface area contributed by atoms with Crippen LogP contribution in [0, 0.1) is 0 Å². The highest BCUT2D eigenvalue weighted by Crippen LogP contribution is 1.96. The van der Waals surface area contributed by atoms with Crippen LogP contribution in [0.2, 0.25) is 0 Å². The molecule has 8 heteroatoms. The molecule has 0 fully saturated rings. The Morgan fingerprint density at radius 2 is 2.25 bits per heavy atom. The Morgan fingerprint density at radius 3 is 2.90 bits per heavy atom. The maximum absolute atomic E-state index is 11.7. The van der Waals surface area contributed by atoms with E-state index in [4.69, 9.17) is 5.11 Å². The molecular weight excluding hydrogens is 264 g/mol. The minimum Gasteiger partial charge on any atom is -0.476 e. The summed E-state index contributed by atoms with van der Waals surface area (Å²) in [5.74, 6) is -1.47. The number of aromatic carboxylic acids is 1. The van der Waals surface area contributed by atoms with E-state index in [2.05, 4.69) is 15.3 Å². The highest BCUT2D eigenvalue weighted by Gasteiger charge is 2.07. The predicted octanol–water partition coefficient (Wildman–Crippen LogP) is -0.300. The van der Waals surface area contributed by atoms with E-state index in [9.17, 15) is 14.4 Å². The number of nitrogens with zero attached hydrogens (tertiary/aromatic N) is 2. The number of aromatic nitrogens is 3. The minimum absolute atomic E-state index is 0.0501. The standard InChI is InChI=1S/C12H12N4O4/c17-10-5-8(1-2-13-10)11(18)14-3-4-16-6-9(12(19)20)15-7-16/h1-2,5-7H,3-4H2,(H,13,17)(H,14,18)(H,19,20). The molecule has 2 aromatic rings. The molecule has 2 rings (SSSR count). The fourth-order valence-electron chi connectivity index (χ4n) is 1.58. The first-order valence-corrected chi connectivity index (χ1v) is 5.78. The first kappa shape index (κ1) is 13.5. The Hall–Kier alpha value is -2.90. The van der Waals surface area contributed by atoms with E-state index >= 15 is 0 Å². The van der Waals surface area contributed by atoms with Crippen LogP contribution in [-0.2, 0) is 6.54 Å². The van der Waals surface area contributed by atoms with Crippen molar-refractivity contribution in [2.75, 3.05) is 6.54 Å². The zero-order chi connectivity index (χ0) is 14.5. The molecule has 0 saturated heterocycles. The molecule has 3 N–H and O–H groups in total. The van der Waals surface area contributed by atoms with Crippen molar-refractivity contribution in [1.29, 1.82) is 0 Å². The second-order valence-corrected chi connectivity index (χ2v) is 4.00. The lowest BCUT2D eigenvalue weighted by molar-refractivity contribution is 0.0690. The minimum atomic E-state index is -1.10. The van der Waals surface area contributed by atoms with Gasteiger partial charge in [0.1, 0.15) is 0 Å². The van der Waals surface area contributed by atoms with E-state index in [1.807, 2.05) is 0 Å². The fraction of sp³-hybridized carbons (Fsp3) is 0.167. The van der Waals surface area contributed by atoms with Gasteiger partial charge in [-0.05, 0) is 6.07 Å². The SMILES string of the molecule is O=C(NCCn1cnc(C(=O)O)c1)c1cc[nH]c(=O)c1. The summed E-state index contributed by atoms with van der Waals surface area (Å²) in [5.41, 5.74) is -0.130. The van der Waals surface area contributed by atoms with Gasteiger partial charge in [0.05, 0.1) is 6.33 Å². The quantitative estimate of drug-likeness (QED) is 0.693. The molecule has 0 spiro atoms. The second-order valence-electron chi connectivity index (χ2n) is 4.00. The molecule has 0 bridgehead atoms. The number of imidazole rings is 1. The Labute approximate surface area is 113 Å². The van der Waals surface area contributed by atoms with Gasteiger partial charge in [0.2, 0.25) is 5.56 Å². The van der Waals surface area contributed by atoms with Crippen LogP contribution in [0.5, 0.6) is 0 Å². The van der Waals surface area contributed by atoms with Crippen LogP contribution in [0.25, 0.3) is 0 Å². The number of H-pyrrole nitrogens is 1. The average molecular weight is 276 g/mol. The highest BCUT2D eigenvalue weighted by molar-refractivity contribution is 5.93. The number of carbonyl (C=O) groups is 2. The van der Waals surface area contributed by atoms with Gasteiger partial charge >= 0.3 is 5.97 Å². The van der Waals surface area contributed by atoms with E-state index in [1.54, 1.807) is 4.57 Å². The predicted molar refractivity (Wildman–Crippen MR) is 68.6 cm³/mol. The number of pyridine rings is 1. The number of aromatic amines is 1. The van der Waals surface area contributed by atoms with Crippen LogP contribution in [0.15, 0.2) is 35.6 Å². The topological polar surface area (TPSA) is 117 Å². The molecule has 0 radical (unpaired) electrons. The molecule has 0 saturated carbocycles. The summed E-state index contributed by atoms with van der Waals surface area (Å²) >= 11 is 0. The number of rotatable bonds is 5. The maximum atomic E-state index is 11.7. The normalized spacial score (nSPS) is 10.2. The molecule has 2 heterocycles. The van der Waals surface area contributed by atoms with Crippen molar-refractivity contribution in [3.8, 4) is 0 Å². The van der Waals surface area contributed by atoms with E-state index in [1.165, 1.54) is 30.9 Å². The molecule has 20 heavy (non-hydrogen) atoms. The molecule has 1 amide bonds. The van der Waals surface area contributed by atoms with Crippen LogP contribution in [0.4, 0.5) is 0 Å². The van der Waals surface area contributed by atoms with Crippen LogP contribution in [-0.4, -0.2) is 38.1 Å². The molecular formula is C12H12N4O4. The van der Waals surface area contributed by atoms with Crippen LogP contribution < -0.4 is 10.9 Å². The third kappa shape index (κ3) is 3.31. The molecule has 0 aliphatic rings. The first-order valence-electron chi connectivity index (χ1n) is 5.78. The zero-order valence-electron chi connectivity index (χ0n) is 10.4. The summed E-state index contributed by atoms with van der Waals surface area (Å²) in [4.78, 5) is 39.5. The lowest BCUT2D eigenvalue weighted by Crippen LogP contribution is -2.27. The molecule has 8 nitrogen and oxygen atoms in total. The van der Waals surface area contributed by atoms with Gasteiger partial charge in [-0.2, -0.15) is 0 Å². The Bertz CT molecular complexity index is 689. The summed E-state index contributed by atoms with van der Waals surface area (Å²) < 4.78 is 1.56. The monoisotopic (exact) mass is 276 g/mol. The van der Waals surface area contributed by atoms with E-state index < -0.39 is 5.97 Å². The number of hydrogen-bond donors (Lipinski definition) is 3. The van der Waals surface area contributed by atoms with Crippen molar-refractivity contribution in [3.63, 3.8) is 0 Å². The highest BCUT2D eigenvalue weighted by atomic mass is 16.4. The van der Waals surface area contributed by atoms with E-state index in [0.29, 0.717) is 13.1 Å². The van der Waals surface area contributed by atoms with Gasteiger partial charge in [0, 0.05) is 37.1 Å². The van der Waals surface area contributed by atoms with E-state index in [-0.39, 0.29) is 22.7 Å². The van der Waals surface area contributed by atoms with Gasteiger partial charge < -0.3 is 20.0 Å². The van der Waals surface area contributed by atoms with Crippen molar-refractivity contribution in [2.45, 2.75) is 6.54 Å². The molecule has 104 valence electrons. The number of carbonyl (C=O) groups excluding carboxylic acids is 1. The molecule has 0 aliphatic carbocycles. The number of hydrogen-bond acceptors (Lipinski definition) is 4. The molecule has 0 aliphatic heterocycles. The Morgan fingerprint density at radius 1 is 1.45 bits per heavy atom. The third-order valence-electron chi connectivity index (χ3n) is 2.55. The van der Waals surface area contributed by atoms with Gasteiger partial charge in [-0.15, -0.1) is 0 Å². The number of amides is 1. The smallest absolute Gasteiger partial charge is 0.356 e. The van der Waals surface area contributed by atoms with Crippen LogP contribution in [0.1, 0.15) is 20.8 Å². The summed E-state index contributed by atoms with van der Waals surface area (Å²) in [6.45, 7) is 0.677. The summed E-state index contributed by atoms with van der Waals surface area (Å²) in [5, 5.41) is 11.3. The van der Waals surface area contributed by atoms with Gasteiger partial charge in [-0.3, -0.25) is 9.59 Å². The van der Waals surface area contributed by atoms with Crippen molar-refractivity contribution in [1.82, 2.24) is 19.9 Å². The van der Waals surface area contributed by atoms with E-state index in [0.717, 1.165) is 0 Å². The van der Waals surface area contributed by atoms with Gasteiger partial charge in [-0.25, -0.2) is 9.78 Å². The Kier molecular flexibility index (Phi) is 3.94. The summed E-state index contributed by atoms with van der Waals surface area (Å²) in [7, 11) is 0. The van der Waals surface area contributed by atoms with Gasteiger partial charge in [0.15, 0.2) is 5.69 Å². The van der Waals surface area contributed by atoms with Crippen LogP contribution >= 0.6 is 0 Å². The lowest BCUT2D eigenvalue weighted by Gasteiger charge is -2.05. The van der Waals surface area contributed by atoms with Gasteiger partial charge in [-0.1, -0.05) is 0 Å². The second kappa shape index (κ2) is 5.83. The molecule has 0 unspecified atom stereocenters. The van der Waals surface area contributed by atoms with Crippen molar-refractivity contribution in [2.24, 2.45) is 0 Å². The maximum Gasteiger partial charge on any atom is 0.356 e. The van der Waals surface area contributed by atoms with Crippen molar-refractivity contribution >= 4 is 11.9 Å². The van der Waals surface area contributed by atoms with Crippen molar-refractivity contribution < 1.29 is 14.7 Å². The third-order valence-corrected chi connectivity index (χ3v) is 2.55. The zero-order valence-corrected chi connectivity index (χ0v) is 10.4.